The lowest BCUT2D eigenvalue weighted by atomic mass is 9.99. The minimum absolute atomic E-state index is 0.0239. The van der Waals surface area contributed by atoms with Crippen molar-refractivity contribution in [1.29, 1.82) is 0 Å². The van der Waals surface area contributed by atoms with Gasteiger partial charge < -0.3 is 30.8 Å². The van der Waals surface area contributed by atoms with Gasteiger partial charge in [0.2, 0.25) is 0 Å². The molecule has 0 fully saturated rings. The topological polar surface area (TPSA) is 126 Å². The van der Waals surface area contributed by atoms with Gasteiger partial charge in [0, 0.05) is 10.6 Å². The standard InChI is InChI=1S/C30H31Cl2N3O3.CH2O2/c1-20-16-25(10-11-27(20)31)34-35-30-17-26(28(32)18-29(30)33)24-8-6-23(7-9-24)22-4-2-21(3-5-22)19-38-15-14-37-13-12-36;2-1-3/h2-11,16-18,34-36H,12-15,19,33H2,1H3;1H,(H,2,3). The quantitative estimate of drug-likeness (QED) is 0.0517. The summed E-state index contributed by atoms with van der Waals surface area (Å²) in [4.78, 5) is 8.36. The van der Waals surface area contributed by atoms with Gasteiger partial charge in [-0.1, -0.05) is 71.7 Å². The summed E-state index contributed by atoms with van der Waals surface area (Å²) in [5.74, 6) is 0. The number of aliphatic hydroxyl groups is 1. The smallest absolute Gasteiger partial charge is 0.290 e. The first-order valence-electron chi connectivity index (χ1n) is 12.8. The molecule has 0 atom stereocenters. The van der Waals surface area contributed by atoms with Crippen LogP contribution < -0.4 is 16.6 Å². The fourth-order valence-corrected chi connectivity index (χ4v) is 4.29. The largest absolute Gasteiger partial charge is 0.483 e. The van der Waals surface area contributed by atoms with Gasteiger partial charge in [0.1, 0.15) is 0 Å². The highest BCUT2D eigenvalue weighted by Gasteiger charge is 2.10. The lowest BCUT2D eigenvalue weighted by molar-refractivity contribution is -0.122. The minimum atomic E-state index is -0.250. The third-order valence-electron chi connectivity index (χ3n) is 6.00. The summed E-state index contributed by atoms with van der Waals surface area (Å²) in [6, 6.07) is 25.9. The second kappa shape index (κ2) is 16.5. The zero-order valence-electron chi connectivity index (χ0n) is 22.6. The number of rotatable bonds is 12. The Hall–Kier alpha value is -3.79. The molecule has 0 saturated carbocycles. The second-order valence-corrected chi connectivity index (χ2v) is 9.72. The van der Waals surface area contributed by atoms with Crippen LogP contribution in [0.5, 0.6) is 0 Å². The molecule has 8 nitrogen and oxygen atoms in total. The van der Waals surface area contributed by atoms with Crippen LogP contribution in [0.1, 0.15) is 11.1 Å². The van der Waals surface area contributed by atoms with Gasteiger partial charge >= 0.3 is 0 Å². The Morgan fingerprint density at radius 1 is 0.805 bits per heavy atom. The van der Waals surface area contributed by atoms with Crippen molar-refractivity contribution in [2.24, 2.45) is 0 Å². The van der Waals surface area contributed by atoms with Crippen LogP contribution in [0.25, 0.3) is 22.3 Å². The summed E-state index contributed by atoms with van der Waals surface area (Å²) < 4.78 is 10.8. The molecule has 4 rings (SSSR count). The number of nitrogens with two attached hydrogens (primary N) is 1. The predicted octanol–water partition coefficient (Wildman–Crippen LogP) is 6.88. The van der Waals surface area contributed by atoms with E-state index >= 15 is 0 Å². The van der Waals surface area contributed by atoms with Crippen molar-refractivity contribution in [3.05, 3.63) is 100 Å². The van der Waals surface area contributed by atoms with Gasteiger partial charge in [-0.25, -0.2) is 0 Å². The summed E-state index contributed by atoms with van der Waals surface area (Å²) in [5.41, 5.74) is 20.8. The van der Waals surface area contributed by atoms with E-state index in [0.717, 1.165) is 44.8 Å². The molecule has 4 aromatic carbocycles. The van der Waals surface area contributed by atoms with Crippen LogP contribution >= 0.6 is 23.2 Å². The molecular formula is C31H33Cl2N3O5. The van der Waals surface area contributed by atoms with Crippen LogP contribution in [0.4, 0.5) is 17.1 Å². The van der Waals surface area contributed by atoms with Crippen molar-refractivity contribution >= 4 is 46.7 Å². The number of hydrazine groups is 1. The second-order valence-electron chi connectivity index (χ2n) is 8.90. The zero-order valence-corrected chi connectivity index (χ0v) is 24.1. The number of nitrogen functional groups attached to an aromatic ring is 1. The van der Waals surface area contributed by atoms with Crippen LogP contribution in [-0.2, 0) is 20.9 Å². The van der Waals surface area contributed by atoms with Crippen molar-refractivity contribution in [3.63, 3.8) is 0 Å². The molecule has 0 amide bonds. The molecule has 0 saturated heterocycles. The zero-order chi connectivity index (χ0) is 29.6. The Morgan fingerprint density at radius 2 is 1.41 bits per heavy atom. The maximum Gasteiger partial charge on any atom is 0.290 e. The molecule has 0 bridgehead atoms. The van der Waals surface area contributed by atoms with Crippen LogP contribution in [0, 0.1) is 6.92 Å². The average molecular weight is 599 g/mol. The van der Waals surface area contributed by atoms with Crippen LogP contribution in [0.15, 0.2) is 78.9 Å². The van der Waals surface area contributed by atoms with Crippen molar-refractivity contribution < 1.29 is 24.5 Å². The predicted molar refractivity (Wildman–Crippen MR) is 166 cm³/mol. The van der Waals surface area contributed by atoms with E-state index in [1.807, 2.05) is 31.2 Å². The van der Waals surface area contributed by atoms with Crippen molar-refractivity contribution in [3.8, 4) is 22.3 Å². The summed E-state index contributed by atoms with van der Waals surface area (Å²) in [6.45, 7) is 3.54. The molecule has 10 heteroatoms. The third kappa shape index (κ3) is 9.67. The Kier molecular flexibility index (Phi) is 12.7. The number of halogens is 2. The van der Waals surface area contributed by atoms with Gasteiger partial charge in [-0.15, -0.1) is 0 Å². The molecular weight excluding hydrogens is 565 g/mol. The molecule has 6 N–H and O–H groups in total. The number of aryl methyl sites for hydroxylation is 1. The Balaban J connectivity index is 0.00000147. The molecule has 0 aliphatic carbocycles. The van der Waals surface area contributed by atoms with E-state index < -0.39 is 0 Å². The molecule has 216 valence electrons. The first kappa shape index (κ1) is 31.7. The van der Waals surface area contributed by atoms with E-state index in [9.17, 15) is 0 Å². The van der Waals surface area contributed by atoms with Gasteiger partial charge in [0.25, 0.3) is 6.47 Å². The molecule has 0 radical (unpaired) electrons. The highest BCUT2D eigenvalue weighted by atomic mass is 35.5. The van der Waals surface area contributed by atoms with Gasteiger partial charge in [-0.05, 0) is 65.1 Å². The third-order valence-corrected chi connectivity index (χ3v) is 6.73. The molecule has 4 aromatic rings. The molecule has 0 aliphatic heterocycles. The minimum Gasteiger partial charge on any atom is -0.483 e. The summed E-state index contributed by atoms with van der Waals surface area (Å²) in [5, 5.41) is 16.9. The van der Waals surface area contributed by atoms with Crippen molar-refractivity contribution in [2.75, 3.05) is 43.0 Å². The summed E-state index contributed by atoms with van der Waals surface area (Å²) >= 11 is 12.7. The maximum absolute atomic E-state index is 8.71. The fraction of sp³-hybridized carbons (Fsp3) is 0.194. The van der Waals surface area contributed by atoms with Gasteiger partial charge in [-0.2, -0.15) is 0 Å². The number of nitrogens with one attached hydrogen (secondary N) is 2. The van der Waals surface area contributed by atoms with Crippen LogP contribution in [0.3, 0.4) is 0 Å². The van der Waals surface area contributed by atoms with Crippen LogP contribution in [0.2, 0.25) is 10.0 Å². The molecule has 0 spiro atoms. The van der Waals surface area contributed by atoms with Gasteiger partial charge in [0.15, 0.2) is 0 Å². The first-order valence-corrected chi connectivity index (χ1v) is 13.5. The van der Waals surface area contributed by atoms with Crippen LogP contribution in [-0.4, -0.2) is 43.1 Å². The SMILES string of the molecule is Cc1cc(NNc2cc(-c3ccc(-c4ccc(COCCOCCO)cc4)cc3)c(Cl)cc2N)ccc1Cl.O=CO. The van der Waals surface area contributed by atoms with Gasteiger partial charge in [0.05, 0.1) is 55.1 Å². The Morgan fingerprint density at radius 3 is 2.05 bits per heavy atom. The number of ether oxygens (including phenoxy) is 2. The number of hydrogen-bond donors (Lipinski definition) is 5. The van der Waals surface area contributed by atoms with Gasteiger partial charge in [-0.3, -0.25) is 10.2 Å². The van der Waals surface area contributed by atoms with E-state index in [2.05, 4.69) is 59.4 Å². The number of hydrogen-bond acceptors (Lipinski definition) is 7. The van der Waals surface area contributed by atoms with E-state index in [1.165, 1.54) is 0 Å². The molecule has 0 aliphatic rings. The number of aliphatic hydroxyl groups excluding tert-OH is 1. The first-order chi connectivity index (χ1) is 19.9. The summed E-state index contributed by atoms with van der Waals surface area (Å²) in [7, 11) is 0. The number of anilines is 3. The number of carbonyl (C=O) groups is 1. The Labute approximate surface area is 249 Å². The Bertz CT molecular complexity index is 1400. The monoisotopic (exact) mass is 597 g/mol. The highest BCUT2D eigenvalue weighted by Crippen LogP contribution is 2.35. The van der Waals surface area contributed by atoms with E-state index in [4.69, 9.17) is 53.4 Å². The van der Waals surface area contributed by atoms with E-state index in [1.54, 1.807) is 6.07 Å². The highest BCUT2D eigenvalue weighted by molar-refractivity contribution is 6.34. The lowest BCUT2D eigenvalue weighted by Gasteiger charge is -2.15. The lowest BCUT2D eigenvalue weighted by Crippen LogP contribution is -2.10. The van der Waals surface area contributed by atoms with E-state index in [-0.39, 0.29) is 13.1 Å². The molecule has 0 unspecified atom stereocenters. The normalized spacial score (nSPS) is 10.4. The number of benzene rings is 4. The van der Waals surface area contributed by atoms with E-state index in [0.29, 0.717) is 42.2 Å². The number of carboxylic acid groups (broad SMARTS) is 1. The van der Waals surface area contributed by atoms with Crippen molar-refractivity contribution in [1.82, 2.24) is 0 Å². The average Bonchev–Trinajstić information content (AvgIpc) is 2.97. The molecule has 0 heterocycles. The maximum atomic E-state index is 8.71. The summed E-state index contributed by atoms with van der Waals surface area (Å²) in [6.07, 6.45) is 0. The fourth-order valence-electron chi connectivity index (χ4n) is 3.89. The molecule has 0 aromatic heterocycles. The van der Waals surface area contributed by atoms with Crippen molar-refractivity contribution in [2.45, 2.75) is 13.5 Å². The molecule has 41 heavy (non-hydrogen) atoms.